The van der Waals surface area contributed by atoms with Crippen LogP contribution in [0.4, 0.5) is 13.6 Å². The molecule has 0 aromatic heterocycles. The van der Waals surface area contributed by atoms with Gasteiger partial charge in [-0.05, 0) is 74.5 Å². The van der Waals surface area contributed by atoms with Crippen molar-refractivity contribution in [2.75, 3.05) is 13.7 Å². The number of alkyl carbamates (subject to hydrolysis) is 1. The van der Waals surface area contributed by atoms with E-state index in [-0.39, 0.29) is 17.4 Å². The van der Waals surface area contributed by atoms with Gasteiger partial charge in [-0.2, -0.15) is 0 Å². The number of ketones is 1. The van der Waals surface area contributed by atoms with Gasteiger partial charge < -0.3 is 25.6 Å². The summed E-state index contributed by atoms with van der Waals surface area (Å²) >= 11 is 0. The van der Waals surface area contributed by atoms with Crippen LogP contribution < -0.4 is 16.0 Å². The predicted octanol–water partition coefficient (Wildman–Crippen LogP) is 2.54. The molecule has 1 aliphatic heterocycles. The lowest BCUT2D eigenvalue weighted by Crippen LogP contribution is -2.59. The smallest absolute Gasteiger partial charge is 0.407 e. The van der Waals surface area contributed by atoms with E-state index in [0.717, 1.165) is 32.1 Å². The minimum atomic E-state index is -3.10. The summed E-state index contributed by atoms with van der Waals surface area (Å²) in [6.45, 7) is 6.38. The number of carbonyl (C=O) groups excluding carboxylic acids is 5. The lowest BCUT2D eigenvalue weighted by molar-refractivity contribution is -0.151. The molecule has 1 saturated heterocycles. The van der Waals surface area contributed by atoms with Gasteiger partial charge in [0.25, 0.3) is 5.91 Å². The second kappa shape index (κ2) is 10.9. The summed E-state index contributed by atoms with van der Waals surface area (Å²) in [5, 5.41) is 7.71. The Morgan fingerprint density at radius 2 is 1.65 bits per heavy atom. The van der Waals surface area contributed by atoms with E-state index in [4.69, 9.17) is 4.74 Å². The molecule has 4 atom stereocenters. The summed E-state index contributed by atoms with van der Waals surface area (Å²) in [5.41, 5.74) is -0.637. The molecule has 0 aromatic rings. The molecule has 0 aromatic carbocycles. The van der Waals surface area contributed by atoms with E-state index < -0.39 is 71.9 Å². The number of nitrogens with one attached hydrogen (secondary N) is 3. The molecule has 1 unspecified atom stereocenters. The number of rotatable bonds is 11. The first-order valence-electron chi connectivity index (χ1n) is 14.2. The molecule has 10 nitrogen and oxygen atoms in total. The van der Waals surface area contributed by atoms with Crippen molar-refractivity contribution in [3.05, 3.63) is 0 Å². The minimum absolute atomic E-state index is 0.0586. The van der Waals surface area contributed by atoms with Gasteiger partial charge >= 0.3 is 6.09 Å². The fraction of sp³-hybridized carbons (Fsp3) is 0.821. The Balaban J connectivity index is 1.55. The maximum absolute atomic E-state index is 13.9. The molecule has 5 aliphatic rings. The number of nitrogens with zero attached hydrogens (tertiary/aromatic N) is 1. The van der Waals surface area contributed by atoms with Crippen LogP contribution in [0.5, 0.6) is 0 Å². The highest BCUT2D eigenvalue weighted by Gasteiger charge is 2.63. The van der Waals surface area contributed by atoms with Crippen LogP contribution in [-0.4, -0.2) is 78.2 Å². The number of ether oxygens (including phenoxy) is 1. The number of hydrogen-bond donors (Lipinski definition) is 3. The highest BCUT2D eigenvalue weighted by atomic mass is 19.3. The van der Waals surface area contributed by atoms with E-state index >= 15 is 0 Å². The van der Waals surface area contributed by atoms with Crippen molar-refractivity contribution in [2.24, 2.45) is 22.7 Å². The van der Waals surface area contributed by atoms with Crippen molar-refractivity contribution >= 4 is 29.6 Å². The summed E-state index contributed by atoms with van der Waals surface area (Å²) in [6.07, 6.45) is 3.07. The summed E-state index contributed by atoms with van der Waals surface area (Å²) in [6, 6.07) is -3.54. The van der Waals surface area contributed by atoms with Crippen LogP contribution in [-0.2, 0) is 23.9 Å². The number of carbonyl (C=O) groups is 5. The molecule has 3 N–H and O–H groups in total. The van der Waals surface area contributed by atoms with Gasteiger partial charge in [-0.3, -0.25) is 19.2 Å². The van der Waals surface area contributed by atoms with Crippen molar-refractivity contribution in [1.82, 2.24) is 20.9 Å². The molecule has 1 heterocycles. The van der Waals surface area contributed by atoms with Crippen LogP contribution in [0.15, 0.2) is 0 Å². The standard InChI is InChI=1S/C28H42F2N4O6/c1-26(2,3)21(33-25(39)40-5)24(38)34-14-16(28-11-15(12-28)13-28)10-19(34)22(36)32-18(8-9-27(4,29)30)20(35)23(37)31-17-6-7-17/h15-19,21H,6-14H2,1-5H3,(H,31,37)(H,32,36)(H,33,39)/t15?,16?,18-,19-,21+,28?/m0/s1. The number of Topliss-reactive ketones (excluding diaryl/α,β-unsaturated/α-hetero) is 1. The summed E-state index contributed by atoms with van der Waals surface area (Å²) in [7, 11) is 1.20. The van der Waals surface area contributed by atoms with Gasteiger partial charge in [0.05, 0.1) is 13.2 Å². The molecule has 224 valence electrons. The van der Waals surface area contributed by atoms with Gasteiger partial charge in [0.2, 0.25) is 23.5 Å². The van der Waals surface area contributed by atoms with Gasteiger partial charge in [-0.15, -0.1) is 0 Å². The molecule has 5 rings (SSSR count). The fourth-order valence-corrected chi connectivity index (χ4v) is 6.39. The van der Waals surface area contributed by atoms with Crippen molar-refractivity contribution in [2.45, 2.75) is 109 Å². The molecule has 12 heteroatoms. The molecule has 5 fully saturated rings. The second-order valence-electron chi connectivity index (χ2n) is 13.5. The molecule has 40 heavy (non-hydrogen) atoms. The Hall–Kier alpha value is -2.79. The van der Waals surface area contributed by atoms with Gasteiger partial charge in [0.1, 0.15) is 12.1 Å². The predicted molar refractivity (Wildman–Crippen MR) is 140 cm³/mol. The Morgan fingerprint density at radius 1 is 1.02 bits per heavy atom. The Morgan fingerprint density at radius 3 is 2.12 bits per heavy atom. The second-order valence-corrected chi connectivity index (χ2v) is 13.5. The average molecular weight is 569 g/mol. The monoisotopic (exact) mass is 568 g/mol. The molecule has 0 spiro atoms. The van der Waals surface area contributed by atoms with Crippen LogP contribution in [0.3, 0.4) is 0 Å². The largest absolute Gasteiger partial charge is 0.453 e. The van der Waals surface area contributed by atoms with Crippen LogP contribution in [0.2, 0.25) is 0 Å². The van der Waals surface area contributed by atoms with Crippen molar-refractivity contribution in [3.8, 4) is 0 Å². The van der Waals surface area contributed by atoms with E-state index in [1.165, 1.54) is 12.0 Å². The zero-order valence-electron chi connectivity index (χ0n) is 24.0. The lowest BCUT2D eigenvalue weighted by Gasteiger charge is -2.65. The molecular formula is C28H42F2N4O6. The molecular weight excluding hydrogens is 526 g/mol. The number of amides is 4. The van der Waals surface area contributed by atoms with Crippen molar-refractivity contribution < 1.29 is 37.5 Å². The van der Waals surface area contributed by atoms with Crippen molar-refractivity contribution in [1.29, 1.82) is 0 Å². The maximum Gasteiger partial charge on any atom is 0.407 e. The third-order valence-corrected chi connectivity index (χ3v) is 9.04. The zero-order chi connectivity index (χ0) is 29.6. The zero-order valence-corrected chi connectivity index (χ0v) is 24.0. The molecule has 4 aliphatic carbocycles. The topological polar surface area (TPSA) is 134 Å². The SMILES string of the molecule is COC(=O)N[C@H](C(=O)N1CC(C23CC(C2)C3)C[C@H]1C(=O)N[C@@H](CCC(C)(F)F)C(=O)C(=O)NC1CC1)C(C)(C)C. The van der Waals surface area contributed by atoms with Gasteiger partial charge in [-0.1, -0.05) is 20.8 Å². The molecule has 2 bridgehead atoms. The Kier molecular flexibility index (Phi) is 8.21. The van der Waals surface area contributed by atoms with E-state index in [2.05, 4.69) is 16.0 Å². The van der Waals surface area contributed by atoms with Crippen LogP contribution in [0, 0.1) is 22.7 Å². The third-order valence-electron chi connectivity index (χ3n) is 9.04. The normalized spacial score (nSPS) is 28.9. The van der Waals surface area contributed by atoms with Gasteiger partial charge in [0.15, 0.2) is 0 Å². The first kappa shape index (κ1) is 30.2. The first-order valence-corrected chi connectivity index (χ1v) is 14.2. The van der Waals surface area contributed by atoms with Gasteiger partial charge in [-0.25, -0.2) is 13.6 Å². The Bertz CT molecular complexity index is 1030. The van der Waals surface area contributed by atoms with E-state index in [9.17, 15) is 32.8 Å². The van der Waals surface area contributed by atoms with Crippen LogP contribution in [0.1, 0.15) is 79.1 Å². The minimum Gasteiger partial charge on any atom is -0.453 e. The fourth-order valence-electron chi connectivity index (χ4n) is 6.39. The van der Waals surface area contributed by atoms with Crippen molar-refractivity contribution in [3.63, 3.8) is 0 Å². The van der Waals surface area contributed by atoms with Crippen LogP contribution >= 0.6 is 0 Å². The molecule has 0 radical (unpaired) electrons. The maximum atomic E-state index is 13.9. The highest BCUT2D eigenvalue weighted by Crippen LogP contribution is 2.69. The number of alkyl halides is 2. The number of halogens is 2. The van der Waals surface area contributed by atoms with E-state index in [1.54, 1.807) is 20.8 Å². The highest BCUT2D eigenvalue weighted by molar-refractivity contribution is 6.38. The number of methoxy groups -OCH3 is 1. The van der Waals surface area contributed by atoms with E-state index in [0.29, 0.717) is 25.8 Å². The molecule has 4 amide bonds. The quantitative estimate of drug-likeness (QED) is 0.328. The Labute approximate surface area is 233 Å². The number of likely N-dealkylation sites (tertiary alicyclic amines) is 1. The third kappa shape index (κ3) is 6.57. The first-order chi connectivity index (χ1) is 18.5. The van der Waals surface area contributed by atoms with Gasteiger partial charge in [0, 0.05) is 19.0 Å². The molecule has 4 saturated carbocycles. The number of hydrogen-bond acceptors (Lipinski definition) is 6. The summed E-state index contributed by atoms with van der Waals surface area (Å²) < 4.78 is 32.2. The average Bonchev–Trinajstić information content (AvgIpc) is 3.50. The van der Waals surface area contributed by atoms with Crippen LogP contribution in [0.25, 0.3) is 0 Å². The summed E-state index contributed by atoms with van der Waals surface area (Å²) in [5.74, 6) is -5.36. The van der Waals surface area contributed by atoms with E-state index in [1.807, 2.05) is 0 Å². The lowest BCUT2D eigenvalue weighted by atomic mass is 9.40. The summed E-state index contributed by atoms with van der Waals surface area (Å²) in [4.78, 5) is 66.6.